The molecule has 0 heterocycles. The molecule has 1 rings (SSSR count). The van der Waals surface area contributed by atoms with Crippen LogP contribution in [0.4, 0.5) is 0 Å². The van der Waals surface area contributed by atoms with Crippen molar-refractivity contribution in [2.45, 2.75) is 19.1 Å². The molecule has 0 spiro atoms. The second kappa shape index (κ2) is 7.18. The molecule has 0 aromatic heterocycles. The van der Waals surface area contributed by atoms with Crippen molar-refractivity contribution < 1.29 is 29.5 Å². The number of hydrogen-bond acceptors (Lipinski definition) is 6. The van der Waals surface area contributed by atoms with Gasteiger partial charge in [0.1, 0.15) is 12.2 Å². The highest BCUT2D eigenvalue weighted by molar-refractivity contribution is 5.53. The smallest absolute Gasteiger partial charge is 0.200 e. The Hall–Kier alpha value is -1.50. The van der Waals surface area contributed by atoms with Gasteiger partial charge in [-0.05, 0) is 24.6 Å². The van der Waals surface area contributed by atoms with Crippen LogP contribution in [0.25, 0.3) is 0 Å². The van der Waals surface area contributed by atoms with Crippen molar-refractivity contribution >= 4 is 0 Å². The zero-order valence-corrected chi connectivity index (χ0v) is 11.3. The average molecular weight is 272 g/mol. The molecule has 0 amide bonds. The number of methoxy groups -OCH3 is 2. The van der Waals surface area contributed by atoms with Crippen molar-refractivity contribution in [3.05, 3.63) is 17.7 Å². The van der Waals surface area contributed by atoms with E-state index in [1.54, 1.807) is 6.92 Å². The quantitative estimate of drug-likeness (QED) is 0.681. The second-order valence-electron chi connectivity index (χ2n) is 3.90. The summed E-state index contributed by atoms with van der Waals surface area (Å²) in [7, 11) is 2.83. The molecule has 0 aliphatic rings. The molecule has 3 N–H and O–H groups in total. The first-order valence-electron chi connectivity index (χ1n) is 5.94. The van der Waals surface area contributed by atoms with Crippen molar-refractivity contribution in [1.29, 1.82) is 0 Å². The summed E-state index contributed by atoms with van der Waals surface area (Å²) in [6.07, 6.45) is -1.79. The Morgan fingerprint density at radius 1 is 1.16 bits per heavy atom. The van der Waals surface area contributed by atoms with Crippen LogP contribution in [0.5, 0.6) is 17.2 Å². The minimum Gasteiger partial charge on any atom is -0.502 e. The minimum atomic E-state index is -1.07. The number of aliphatic hydroxyl groups excluding tert-OH is 2. The third-order valence-corrected chi connectivity index (χ3v) is 2.71. The maximum atomic E-state index is 9.82. The monoisotopic (exact) mass is 272 g/mol. The Morgan fingerprint density at radius 2 is 1.68 bits per heavy atom. The Morgan fingerprint density at radius 3 is 2.05 bits per heavy atom. The van der Waals surface area contributed by atoms with Crippen molar-refractivity contribution in [1.82, 2.24) is 0 Å². The minimum absolute atomic E-state index is 0.123. The van der Waals surface area contributed by atoms with E-state index in [4.69, 9.17) is 19.3 Å². The van der Waals surface area contributed by atoms with Crippen LogP contribution in [0, 0.1) is 0 Å². The number of benzene rings is 1. The summed E-state index contributed by atoms with van der Waals surface area (Å²) in [6, 6.07) is 3.08. The van der Waals surface area contributed by atoms with Gasteiger partial charge in [-0.1, -0.05) is 0 Å². The van der Waals surface area contributed by atoms with Gasteiger partial charge in [0.2, 0.25) is 5.75 Å². The lowest BCUT2D eigenvalue weighted by atomic mass is 10.0. The topological polar surface area (TPSA) is 88.4 Å². The van der Waals surface area contributed by atoms with Crippen LogP contribution in [0.15, 0.2) is 12.1 Å². The predicted molar refractivity (Wildman–Crippen MR) is 68.7 cm³/mol. The molecule has 0 unspecified atom stereocenters. The van der Waals surface area contributed by atoms with Gasteiger partial charge in [0.25, 0.3) is 0 Å². The van der Waals surface area contributed by atoms with Gasteiger partial charge in [-0.15, -0.1) is 0 Å². The first kappa shape index (κ1) is 15.6. The number of aromatic hydroxyl groups is 1. The lowest BCUT2D eigenvalue weighted by Gasteiger charge is -2.23. The van der Waals surface area contributed by atoms with Gasteiger partial charge < -0.3 is 29.5 Å². The Labute approximate surface area is 112 Å². The standard InChI is InChI=1S/C13H20O6/c1-4-19-13(9(15)7-14)8-5-10(17-2)12(16)11(6-8)18-3/h5-6,9,13-16H,4,7H2,1-3H3/t9-,13+/m1/s1. The van der Waals surface area contributed by atoms with E-state index in [9.17, 15) is 10.2 Å². The van der Waals surface area contributed by atoms with Gasteiger partial charge in [-0.2, -0.15) is 0 Å². The summed E-state index contributed by atoms with van der Waals surface area (Å²) >= 11 is 0. The van der Waals surface area contributed by atoms with Gasteiger partial charge in [0.05, 0.1) is 20.8 Å². The first-order valence-corrected chi connectivity index (χ1v) is 5.94. The molecule has 2 atom stereocenters. The van der Waals surface area contributed by atoms with Crippen LogP contribution >= 0.6 is 0 Å². The number of rotatable bonds is 7. The zero-order chi connectivity index (χ0) is 14.4. The molecule has 6 nitrogen and oxygen atoms in total. The Kier molecular flexibility index (Phi) is 5.88. The fourth-order valence-corrected chi connectivity index (χ4v) is 1.78. The van der Waals surface area contributed by atoms with Crippen molar-refractivity contribution in [2.24, 2.45) is 0 Å². The third kappa shape index (κ3) is 3.50. The summed E-state index contributed by atoms with van der Waals surface area (Å²) in [4.78, 5) is 0. The van der Waals surface area contributed by atoms with E-state index in [-0.39, 0.29) is 17.2 Å². The molecule has 0 bridgehead atoms. The van der Waals surface area contributed by atoms with Gasteiger partial charge in [0, 0.05) is 6.61 Å². The fourth-order valence-electron chi connectivity index (χ4n) is 1.78. The molecule has 0 radical (unpaired) electrons. The SMILES string of the molecule is CCO[C@@H](c1cc(OC)c(O)c(OC)c1)[C@H](O)CO. The molecule has 108 valence electrons. The van der Waals surface area contributed by atoms with Crippen LogP contribution in [-0.4, -0.2) is 48.9 Å². The maximum Gasteiger partial charge on any atom is 0.200 e. The summed E-state index contributed by atoms with van der Waals surface area (Å²) in [5.41, 5.74) is 0.551. The highest BCUT2D eigenvalue weighted by atomic mass is 16.5. The highest BCUT2D eigenvalue weighted by Gasteiger charge is 2.24. The summed E-state index contributed by atoms with van der Waals surface area (Å²) in [6.45, 7) is 1.72. The van der Waals surface area contributed by atoms with Crippen LogP contribution in [-0.2, 0) is 4.74 Å². The van der Waals surface area contributed by atoms with E-state index in [0.29, 0.717) is 12.2 Å². The average Bonchev–Trinajstić information content (AvgIpc) is 2.44. The maximum absolute atomic E-state index is 9.82. The lowest BCUT2D eigenvalue weighted by molar-refractivity contribution is -0.0561. The molecule has 19 heavy (non-hydrogen) atoms. The molecular weight excluding hydrogens is 252 g/mol. The van der Waals surface area contributed by atoms with E-state index >= 15 is 0 Å². The number of phenolic OH excluding ortho intramolecular Hbond substituents is 1. The van der Waals surface area contributed by atoms with Crippen molar-refractivity contribution in [3.8, 4) is 17.2 Å². The predicted octanol–water partition coefficient (Wildman–Crippen LogP) is 0.840. The third-order valence-electron chi connectivity index (χ3n) is 2.71. The molecule has 0 saturated carbocycles. The molecule has 0 fully saturated rings. The van der Waals surface area contributed by atoms with Crippen LogP contribution in [0.2, 0.25) is 0 Å². The summed E-state index contributed by atoms with van der Waals surface area (Å²) < 4.78 is 15.5. The summed E-state index contributed by atoms with van der Waals surface area (Å²) in [5.74, 6) is 0.302. The molecule has 1 aromatic carbocycles. The number of hydrogen-bond donors (Lipinski definition) is 3. The fraction of sp³-hybridized carbons (Fsp3) is 0.538. The number of phenols is 1. The Balaban J connectivity index is 3.22. The van der Waals surface area contributed by atoms with Crippen molar-refractivity contribution in [3.63, 3.8) is 0 Å². The zero-order valence-electron chi connectivity index (χ0n) is 11.3. The molecular formula is C13H20O6. The highest BCUT2D eigenvalue weighted by Crippen LogP contribution is 2.39. The van der Waals surface area contributed by atoms with E-state index in [0.717, 1.165) is 0 Å². The van der Waals surface area contributed by atoms with Gasteiger partial charge in [0.15, 0.2) is 11.5 Å². The second-order valence-corrected chi connectivity index (χ2v) is 3.90. The van der Waals surface area contributed by atoms with E-state index in [1.165, 1.54) is 26.4 Å². The van der Waals surface area contributed by atoms with E-state index in [1.807, 2.05) is 0 Å². The first-order chi connectivity index (χ1) is 9.08. The summed E-state index contributed by atoms with van der Waals surface area (Å²) in [5, 5.41) is 28.7. The van der Waals surface area contributed by atoms with Crippen LogP contribution in [0.1, 0.15) is 18.6 Å². The lowest BCUT2D eigenvalue weighted by Crippen LogP contribution is -2.25. The molecule has 0 aliphatic carbocycles. The van der Waals surface area contributed by atoms with E-state index < -0.39 is 18.8 Å². The number of aliphatic hydroxyl groups is 2. The van der Waals surface area contributed by atoms with Crippen LogP contribution < -0.4 is 9.47 Å². The van der Waals surface area contributed by atoms with Gasteiger partial charge in [-0.25, -0.2) is 0 Å². The van der Waals surface area contributed by atoms with Crippen molar-refractivity contribution in [2.75, 3.05) is 27.4 Å². The molecule has 6 heteroatoms. The van der Waals surface area contributed by atoms with Gasteiger partial charge >= 0.3 is 0 Å². The van der Waals surface area contributed by atoms with E-state index in [2.05, 4.69) is 0 Å². The van der Waals surface area contributed by atoms with Crippen LogP contribution in [0.3, 0.4) is 0 Å². The molecule has 0 saturated heterocycles. The number of ether oxygens (including phenoxy) is 3. The normalized spacial score (nSPS) is 13.9. The molecule has 1 aromatic rings. The molecule has 0 aliphatic heterocycles. The largest absolute Gasteiger partial charge is 0.502 e. The van der Waals surface area contributed by atoms with Gasteiger partial charge in [-0.3, -0.25) is 0 Å². The Bertz CT molecular complexity index is 381.